The predicted octanol–water partition coefficient (Wildman–Crippen LogP) is 3.26. The van der Waals surface area contributed by atoms with Crippen molar-refractivity contribution in [1.29, 1.82) is 0 Å². The molecule has 2 aromatic rings. The number of piperidine rings is 1. The van der Waals surface area contributed by atoms with Crippen LogP contribution < -0.4 is 10.6 Å². The number of hydrogen-bond donors (Lipinski definition) is 3. The molecule has 0 aromatic carbocycles. The zero-order chi connectivity index (χ0) is 25.0. The number of aliphatic carboxylic acids is 1. The van der Waals surface area contributed by atoms with Crippen LogP contribution in [0.5, 0.6) is 0 Å². The molecule has 0 aliphatic carbocycles. The molecule has 4 heterocycles. The van der Waals surface area contributed by atoms with Crippen molar-refractivity contribution in [3.05, 3.63) is 35.5 Å². The molecule has 12 heteroatoms. The summed E-state index contributed by atoms with van der Waals surface area (Å²) >= 11 is 0. The van der Waals surface area contributed by atoms with Gasteiger partial charge in [-0.2, -0.15) is 13.2 Å². The lowest BCUT2D eigenvalue weighted by Crippen LogP contribution is -2.50. The molecule has 2 atom stereocenters. The van der Waals surface area contributed by atoms with E-state index in [2.05, 4.69) is 29.5 Å². The Hall–Kier alpha value is -2.73. The highest BCUT2D eigenvalue weighted by molar-refractivity contribution is 5.94. The highest BCUT2D eigenvalue weighted by atomic mass is 19.4. The zero-order valence-electron chi connectivity index (χ0n) is 18.9. The lowest BCUT2D eigenvalue weighted by atomic mass is 9.95. The minimum absolute atomic E-state index is 0.100. The standard InChI is InChI=1S/C20H27FN4O2.C2HF3O2/c1-12-7-16(8-13(2)22-12)23-20(26)15-9-17(21)19-24-18(11-25(19)10-15)14-3-5-27-6-4-14;3-2(4,5)1(6)7/h9-14,16,22H,3-8H2,1-2H3,(H,23,26);(H,6,7). The predicted molar refractivity (Wildman–Crippen MR) is 114 cm³/mol. The Labute approximate surface area is 193 Å². The van der Waals surface area contributed by atoms with Crippen molar-refractivity contribution in [3.63, 3.8) is 0 Å². The van der Waals surface area contributed by atoms with Gasteiger partial charge in [-0.15, -0.1) is 0 Å². The van der Waals surface area contributed by atoms with Gasteiger partial charge in [-0.1, -0.05) is 0 Å². The fraction of sp³-hybridized carbons (Fsp3) is 0.591. The largest absolute Gasteiger partial charge is 0.490 e. The van der Waals surface area contributed by atoms with Gasteiger partial charge in [-0.3, -0.25) is 4.79 Å². The maximum atomic E-state index is 14.6. The maximum absolute atomic E-state index is 14.6. The Balaban J connectivity index is 0.000000406. The number of carboxylic acids is 1. The molecule has 1 amide bonds. The van der Waals surface area contributed by atoms with Crippen LogP contribution in [0.15, 0.2) is 18.5 Å². The van der Waals surface area contributed by atoms with Crippen molar-refractivity contribution >= 4 is 17.5 Å². The summed E-state index contributed by atoms with van der Waals surface area (Å²) < 4.78 is 53.4. The summed E-state index contributed by atoms with van der Waals surface area (Å²) in [7, 11) is 0. The van der Waals surface area contributed by atoms with E-state index >= 15 is 0 Å². The van der Waals surface area contributed by atoms with Crippen LogP contribution in [0.25, 0.3) is 5.65 Å². The zero-order valence-corrected chi connectivity index (χ0v) is 18.9. The summed E-state index contributed by atoms with van der Waals surface area (Å²) in [5, 5.41) is 13.6. The van der Waals surface area contributed by atoms with Gasteiger partial charge in [0.2, 0.25) is 0 Å². The first-order valence-corrected chi connectivity index (χ1v) is 11.1. The van der Waals surface area contributed by atoms with Crippen LogP contribution in [-0.2, 0) is 9.53 Å². The van der Waals surface area contributed by atoms with Gasteiger partial charge in [0, 0.05) is 49.7 Å². The van der Waals surface area contributed by atoms with Crippen LogP contribution in [-0.4, -0.2) is 63.9 Å². The normalized spacial score (nSPS) is 23.8. The fourth-order valence-corrected chi connectivity index (χ4v) is 4.35. The first kappa shape index (κ1) is 25.9. The van der Waals surface area contributed by atoms with Gasteiger partial charge in [-0.25, -0.2) is 14.2 Å². The molecule has 0 saturated carbocycles. The van der Waals surface area contributed by atoms with Gasteiger partial charge >= 0.3 is 12.1 Å². The number of rotatable bonds is 3. The average molecular weight is 488 g/mol. The number of carbonyl (C=O) groups excluding carboxylic acids is 1. The lowest BCUT2D eigenvalue weighted by molar-refractivity contribution is -0.192. The van der Waals surface area contributed by atoms with Crippen molar-refractivity contribution in [2.45, 2.75) is 69.8 Å². The number of imidazole rings is 1. The van der Waals surface area contributed by atoms with E-state index in [0.717, 1.165) is 31.4 Å². The lowest BCUT2D eigenvalue weighted by Gasteiger charge is -2.33. The molecule has 2 aliphatic heterocycles. The molecule has 0 spiro atoms. The number of amides is 1. The number of halogens is 4. The van der Waals surface area contributed by atoms with E-state index in [9.17, 15) is 22.4 Å². The third-order valence-electron chi connectivity index (χ3n) is 5.85. The van der Waals surface area contributed by atoms with E-state index in [4.69, 9.17) is 14.6 Å². The van der Waals surface area contributed by atoms with E-state index in [1.807, 2.05) is 6.20 Å². The van der Waals surface area contributed by atoms with Gasteiger partial charge in [0.15, 0.2) is 11.5 Å². The minimum Gasteiger partial charge on any atom is -0.475 e. The van der Waals surface area contributed by atoms with Gasteiger partial charge in [0.25, 0.3) is 5.91 Å². The number of fused-ring (bicyclic) bond motifs is 1. The second-order valence-electron chi connectivity index (χ2n) is 8.77. The van der Waals surface area contributed by atoms with E-state index in [1.54, 1.807) is 10.6 Å². The fourth-order valence-electron chi connectivity index (χ4n) is 4.35. The molecule has 0 bridgehead atoms. The second-order valence-corrected chi connectivity index (χ2v) is 8.77. The Morgan fingerprint density at radius 2 is 1.76 bits per heavy atom. The molecule has 4 rings (SSSR count). The summed E-state index contributed by atoms with van der Waals surface area (Å²) in [5.74, 6) is -3.17. The topological polar surface area (TPSA) is 105 Å². The number of nitrogens with one attached hydrogen (secondary N) is 2. The van der Waals surface area contributed by atoms with Crippen molar-refractivity contribution in [2.75, 3.05) is 13.2 Å². The van der Waals surface area contributed by atoms with Gasteiger partial charge in [-0.05, 0) is 45.6 Å². The molecule has 188 valence electrons. The Kier molecular flexibility index (Phi) is 8.13. The number of nitrogens with zero attached hydrogens (tertiary/aromatic N) is 2. The summed E-state index contributed by atoms with van der Waals surface area (Å²) in [6.07, 6.45) is 1.98. The Bertz CT molecular complexity index is 1010. The number of aromatic nitrogens is 2. The highest BCUT2D eigenvalue weighted by Gasteiger charge is 2.38. The van der Waals surface area contributed by atoms with E-state index in [1.165, 1.54) is 6.07 Å². The van der Waals surface area contributed by atoms with E-state index < -0.39 is 18.0 Å². The van der Waals surface area contributed by atoms with Crippen LogP contribution in [0.3, 0.4) is 0 Å². The number of pyridine rings is 1. The van der Waals surface area contributed by atoms with Crippen molar-refractivity contribution in [1.82, 2.24) is 20.0 Å². The molecular weight excluding hydrogens is 460 g/mol. The summed E-state index contributed by atoms with van der Waals surface area (Å²) in [4.78, 5) is 26.0. The van der Waals surface area contributed by atoms with Crippen LogP contribution >= 0.6 is 0 Å². The molecule has 2 saturated heterocycles. The molecule has 2 unspecified atom stereocenters. The molecule has 2 aromatic heterocycles. The third-order valence-corrected chi connectivity index (χ3v) is 5.85. The maximum Gasteiger partial charge on any atom is 0.490 e. The van der Waals surface area contributed by atoms with Crippen molar-refractivity contribution < 1.29 is 37.0 Å². The van der Waals surface area contributed by atoms with Crippen molar-refractivity contribution in [2.24, 2.45) is 0 Å². The van der Waals surface area contributed by atoms with E-state index in [0.29, 0.717) is 30.9 Å². The molecule has 0 radical (unpaired) electrons. The summed E-state index contributed by atoms with van der Waals surface area (Å²) in [6.45, 7) is 5.65. The number of alkyl halides is 3. The van der Waals surface area contributed by atoms with Gasteiger partial charge < -0.3 is 24.9 Å². The van der Waals surface area contributed by atoms with Gasteiger partial charge in [0.1, 0.15) is 0 Å². The average Bonchev–Trinajstić information content (AvgIpc) is 3.18. The molecule has 8 nitrogen and oxygen atoms in total. The Morgan fingerprint density at radius 3 is 2.32 bits per heavy atom. The highest BCUT2D eigenvalue weighted by Crippen LogP contribution is 2.27. The molecular formula is C22H28F4N4O4. The number of hydrogen-bond acceptors (Lipinski definition) is 5. The minimum atomic E-state index is -5.08. The smallest absolute Gasteiger partial charge is 0.475 e. The number of carbonyl (C=O) groups is 2. The van der Waals surface area contributed by atoms with Crippen LogP contribution in [0.4, 0.5) is 17.6 Å². The summed E-state index contributed by atoms with van der Waals surface area (Å²) in [5.41, 5.74) is 1.47. The quantitative estimate of drug-likeness (QED) is 0.573. The molecule has 2 fully saturated rings. The van der Waals surface area contributed by atoms with Crippen LogP contribution in [0.1, 0.15) is 61.5 Å². The van der Waals surface area contributed by atoms with E-state index in [-0.39, 0.29) is 23.5 Å². The van der Waals surface area contributed by atoms with Gasteiger partial charge in [0.05, 0.1) is 11.3 Å². The summed E-state index contributed by atoms with van der Waals surface area (Å²) in [6, 6.07) is 2.10. The number of carboxylic acid groups (broad SMARTS) is 1. The van der Waals surface area contributed by atoms with Crippen molar-refractivity contribution in [3.8, 4) is 0 Å². The van der Waals surface area contributed by atoms with Crippen LogP contribution in [0.2, 0.25) is 0 Å². The molecule has 3 N–H and O–H groups in total. The number of ether oxygens (including phenoxy) is 1. The van der Waals surface area contributed by atoms with Crippen LogP contribution in [0, 0.1) is 5.82 Å². The molecule has 2 aliphatic rings. The first-order valence-electron chi connectivity index (χ1n) is 11.1. The second kappa shape index (κ2) is 10.7. The third kappa shape index (κ3) is 6.66. The SMILES string of the molecule is CC1CC(NC(=O)c2cc(F)c3nc(C4CCOCC4)cn3c2)CC(C)N1.O=C(O)C(F)(F)F. The Morgan fingerprint density at radius 1 is 1.18 bits per heavy atom. The molecule has 34 heavy (non-hydrogen) atoms. The first-order chi connectivity index (χ1) is 15.9. The monoisotopic (exact) mass is 488 g/mol.